The van der Waals surface area contributed by atoms with Gasteiger partial charge >= 0.3 is 11.9 Å². The van der Waals surface area contributed by atoms with Gasteiger partial charge in [0.05, 0.1) is 36.2 Å². The fourth-order valence-electron chi connectivity index (χ4n) is 5.21. The molecule has 2 aromatic carbocycles. The lowest BCUT2D eigenvalue weighted by atomic mass is 9.82. The van der Waals surface area contributed by atoms with E-state index in [0.29, 0.717) is 62.5 Å². The van der Waals surface area contributed by atoms with E-state index in [-0.39, 0.29) is 40.4 Å². The Balaban J connectivity index is 0.000000220. The van der Waals surface area contributed by atoms with Gasteiger partial charge in [-0.25, -0.2) is 0 Å². The van der Waals surface area contributed by atoms with Crippen molar-refractivity contribution in [1.82, 2.24) is 0 Å². The molecule has 2 fully saturated rings. The van der Waals surface area contributed by atoms with Crippen LogP contribution >= 0.6 is 0 Å². The highest BCUT2D eigenvalue weighted by atomic mass is 16.5. The lowest BCUT2D eigenvalue weighted by Gasteiger charge is -2.26. The van der Waals surface area contributed by atoms with Crippen LogP contribution in [0.5, 0.6) is 23.0 Å². The van der Waals surface area contributed by atoms with Crippen molar-refractivity contribution in [3.8, 4) is 23.0 Å². The highest BCUT2D eigenvalue weighted by Gasteiger charge is 2.28. The van der Waals surface area contributed by atoms with E-state index in [4.69, 9.17) is 19.7 Å². The van der Waals surface area contributed by atoms with Gasteiger partial charge in [0, 0.05) is 0 Å². The molecule has 0 radical (unpaired) electrons. The number of phenolic OH excluding ortho intramolecular Hbond substituents is 2. The molecule has 2 saturated carbocycles. The van der Waals surface area contributed by atoms with Crippen molar-refractivity contribution >= 4 is 24.5 Å². The summed E-state index contributed by atoms with van der Waals surface area (Å²) in [7, 11) is 0. The van der Waals surface area contributed by atoms with Gasteiger partial charge in [-0.05, 0) is 81.0 Å². The van der Waals surface area contributed by atoms with E-state index in [9.17, 15) is 29.4 Å². The maximum atomic E-state index is 11.0. The molecule has 2 aromatic rings. The number of phenols is 2. The third-order valence-electron chi connectivity index (χ3n) is 7.60. The molecule has 0 amide bonds. The molecular formula is C30H36O10. The largest absolute Gasteiger partial charge is 0.507 e. The molecule has 4 rings (SSSR count). The molecule has 0 aliphatic heterocycles. The number of hydrogen-bond donors (Lipinski definition) is 4. The number of carboxylic acid groups (broad SMARTS) is 2. The number of aromatic hydroxyl groups is 2. The van der Waals surface area contributed by atoms with Crippen molar-refractivity contribution in [2.75, 3.05) is 13.2 Å². The third-order valence-corrected chi connectivity index (χ3v) is 7.60. The smallest absolute Gasteiger partial charge is 0.306 e. The van der Waals surface area contributed by atoms with Gasteiger partial charge in [0.2, 0.25) is 0 Å². The SMILES string of the molecule is O=Cc1c(O)cccc1OCC1CCC(C(=O)O)CC1.O=Cc1c(O)cccc1OC[C@H]1CCC[C@@H](C(=O)O)C1. The molecule has 0 unspecified atom stereocenters. The predicted octanol–water partition coefficient (Wildman–Crippen LogP) is 4.95. The lowest BCUT2D eigenvalue weighted by molar-refractivity contribution is -0.144. The zero-order valence-electron chi connectivity index (χ0n) is 22.2. The van der Waals surface area contributed by atoms with Gasteiger partial charge in [0.15, 0.2) is 12.6 Å². The van der Waals surface area contributed by atoms with Crippen molar-refractivity contribution in [2.24, 2.45) is 23.7 Å². The van der Waals surface area contributed by atoms with Crippen molar-refractivity contribution in [2.45, 2.75) is 51.4 Å². The molecule has 0 saturated heterocycles. The van der Waals surface area contributed by atoms with E-state index < -0.39 is 11.9 Å². The molecule has 0 spiro atoms. The van der Waals surface area contributed by atoms with Gasteiger partial charge in [-0.1, -0.05) is 18.6 Å². The Kier molecular flexibility index (Phi) is 11.4. The minimum Gasteiger partial charge on any atom is -0.507 e. The maximum absolute atomic E-state index is 11.0. The van der Waals surface area contributed by atoms with Crippen LogP contribution in [-0.2, 0) is 9.59 Å². The lowest BCUT2D eigenvalue weighted by Crippen LogP contribution is -2.26. The van der Waals surface area contributed by atoms with E-state index in [1.807, 2.05) is 0 Å². The van der Waals surface area contributed by atoms with Crippen LogP contribution in [0.25, 0.3) is 0 Å². The summed E-state index contributed by atoms with van der Waals surface area (Å²) in [5, 5.41) is 37.1. The summed E-state index contributed by atoms with van der Waals surface area (Å²) >= 11 is 0. The third kappa shape index (κ3) is 8.46. The normalized spacial score (nSPS) is 22.2. The number of rotatable bonds is 10. The van der Waals surface area contributed by atoms with Gasteiger partial charge in [-0.15, -0.1) is 0 Å². The first-order valence-electron chi connectivity index (χ1n) is 13.5. The highest BCUT2D eigenvalue weighted by Crippen LogP contribution is 2.32. The van der Waals surface area contributed by atoms with Crippen LogP contribution in [-0.4, -0.2) is 58.2 Å². The van der Waals surface area contributed by atoms with E-state index in [1.54, 1.807) is 24.3 Å². The first-order valence-corrected chi connectivity index (χ1v) is 13.5. The fraction of sp³-hybridized carbons (Fsp3) is 0.467. The Morgan fingerprint density at radius 3 is 1.68 bits per heavy atom. The summed E-state index contributed by atoms with van der Waals surface area (Å²) in [6.45, 7) is 0.810. The van der Waals surface area contributed by atoms with Crippen LogP contribution in [0.4, 0.5) is 0 Å². The van der Waals surface area contributed by atoms with Gasteiger partial charge in [-0.2, -0.15) is 0 Å². The van der Waals surface area contributed by atoms with Crippen LogP contribution in [0.2, 0.25) is 0 Å². The van der Waals surface area contributed by atoms with Crippen molar-refractivity contribution in [3.63, 3.8) is 0 Å². The van der Waals surface area contributed by atoms with E-state index in [2.05, 4.69) is 0 Å². The average Bonchev–Trinajstić information content (AvgIpc) is 2.95. The molecule has 216 valence electrons. The average molecular weight is 557 g/mol. The van der Waals surface area contributed by atoms with Gasteiger partial charge in [0.25, 0.3) is 0 Å². The van der Waals surface area contributed by atoms with E-state index in [1.165, 1.54) is 12.1 Å². The standard InChI is InChI=1S/2C15H18O5/c16-8-12-13(17)5-2-6-14(12)20-9-10-3-1-4-11(7-10)15(18)19;16-8-12-13(17)2-1-3-14(12)20-9-10-4-6-11(7-5-10)15(18)19/h2,5-6,8,10-11,17H,1,3-4,7,9H2,(H,18,19);1-3,8,10-11,17H,4-7,9H2,(H,18,19)/t10-,11+;/m0./s1. The summed E-state index contributed by atoms with van der Waals surface area (Å²) < 4.78 is 11.2. The number of benzene rings is 2. The molecular weight excluding hydrogens is 520 g/mol. The number of carbonyl (C=O) groups excluding carboxylic acids is 2. The summed E-state index contributed by atoms with van der Waals surface area (Å²) in [6.07, 6.45) is 7.23. The zero-order chi connectivity index (χ0) is 29.1. The number of carboxylic acids is 2. The van der Waals surface area contributed by atoms with Gasteiger partial charge in [0.1, 0.15) is 23.0 Å². The van der Waals surface area contributed by atoms with Crippen LogP contribution < -0.4 is 9.47 Å². The minimum atomic E-state index is -0.749. The summed E-state index contributed by atoms with van der Waals surface area (Å²) in [6, 6.07) is 9.37. The Labute approximate surface area is 232 Å². The van der Waals surface area contributed by atoms with Crippen LogP contribution in [0, 0.1) is 23.7 Å². The molecule has 0 aromatic heterocycles. The van der Waals surface area contributed by atoms with Crippen LogP contribution in [0.1, 0.15) is 72.1 Å². The van der Waals surface area contributed by atoms with E-state index >= 15 is 0 Å². The molecule has 0 heterocycles. The van der Waals surface area contributed by atoms with Crippen molar-refractivity contribution in [3.05, 3.63) is 47.5 Å². The van der Waals surface area contributed by atoms with Gasteiger partial charge < -0.3 is 29.9 Å². The predicted molar refractivity (Wildman–Crippen MR) is 144 cm³/mol. The highest BCUT2D eigenvalue weighted by molar-refractivity contribution is 5.84. The molecule has 4 N–H and O–H groups in total. The summed E-state index contributed by atoms with van der Waals surface area (Å²) in [5.74, 6) is -1.01. The minimum absolute atomic E-state index is 0.0907. The Morgan fingerprint density at radius 2 is 1.20 bits per heavy atom. The van der Waals surface area contributed by atoms with Crippen molar-refractivity contribution < 1.29 is 49.1 Å². The quantitative estimate of drug-likeness (QED) is 0.294. The number of aliphatic carboxylic acids is 2. The number of aldehydes is 2. The topological polar surface area (TPSA) is 168 Å². The Morgan fingerprint density at radius 1 is 0.700 bits per heavy atom. The van der Waals surface area contributed by atoms with Gasteiger partial charge in [-0.3, -0.25) is 19.2 Å². The molecule has 2 atom stereocenters. The molecule has 0 bridgehead atoms. The molecule has 10 nitrogen and oxygen atoms in total. The fourth-order valence-corrected chi connectivity index (χ4v) is 5.21. The molecule has 2 aliphatic rings. The summed E-state index contributed by atoms with van der Waals surface area (Å²) in [4.78, 5) is 43.7. The van der Waals surface area contributed by atoms with E-state index in [0.717, 1.165) is 32.1 Å². The maximum Gasteiger partial charge on any atom is 0.306 e. The molecule has 40 heavy (non-hydrogen) atoms. The zero-order valence-corrected chi connectivity index (χ0v) is 22.2. The van der Waals surface area contributed by atoms with Crippen LogP contribution in [0.15, 0.2) is 36.4 Å². The Hall–Kier alpha value is -4.08. The second kappa shape index (κ2) is 14.9. The molecule has 2 aliphatic carbocycles. The number of ether oxygens (including phenoxy) is 2. The first-order chi connectivity index (χ1) is 19.2. The van der Waals surface area contributed by atoms with Crippen LogP contribution in [0.3, 0.4) is 0 Å². The van der Waals surface area contributed by atoms with Crippen molar-refractivity contribution in [1.29, 1.82) is 0 Å². The first kappa shape index (κ1) is 30.5. The summed E-state index contributed by atoms with van der Waals surface area (Å²) in [5.41, 5.74) is 0.296. The molecule has 10 heteroatoms. The number of carbonyl (C=O) groups is 4. The second-order valence-corrected chi connectivity index (χ2v) is 10.4. The Bertz CT molecular complexity index is 1170. The monoisotopic (exact) mass is 556 g/mol. The number of hydrogen-bond acceptors (Lipinski definition) is 8. The second-order valence-electron chi connectivity index (χ2n) is 10.4.